The number of hydrogen-bond donors (Lipinski definition) is 3. The van der Waals surface area contributed by atoms with Crippen LogP contribution in [0.2, 0.25) is 10.0 Å². The number of carbonyl (C=O) groups is 2. The Kier molecular flexibility index (Phi) is 8.39. The zero-order chi connectivity index (χ0) is 24.2. The van der Waals surface area contributed by atoms with Crippen molar-refractivity contribution in [2.75, 3.05) is 20.1 Å². The highest BCUT2D eigenvalue weighted by molar-refractivity contribution is 6.35. The Hall–Kier alpha value is -2.49. The van der Waals surface area contributed by atoms with Crippen LogP contribution in [-0.4, -0.2) is 53.3 Å². The molecule has 0 radical (unpaired) electrons. The van der Waals surface area contributed by atoms with Gasteiger partial charge in [-0.05, 0) is 54.9 Å². The summed E-state index contributed by atoms with van der Waals surface area (Å²) in [5, 5.41) is 21.2. The van der Waals surface area contributed by atoms with Gasteiger partial charge in [-0.3, -0.25) is 4.79 Å². The zero-order valence-corrected chi connectivity index (χ0v) is 18.6. The number of hydrogen-bond acceptors (Lipinski definition) is 4. The van der Waals surface area contributed by atoms with E-state index < -0.39 is 12.1 Å². The normalized spacial score (nSPS) is 15.9. The molecule has 32 heavy (non-hydrogen) atoms. The van der Waals surface area contributed by atoms with Gasteiger partial charge in [-0.1, -0.05) is 29.3 Å². The minimum atomic E-state index is -5.08. The van der Waals surface area contributed by atoms with Crippen molar-refractivity contribution in [2.24, 2.45) is 0 Å². The number of benzene rings is 2. The summed E-state index contributed by atoms with van der Waals surface area (Å²) in [4.78, 5) is 23.3. The van der Waals surface area contributed by atoms with Crippen molar-refractivity contribution >= 4 is 35.1 Å². The molecule has 0 aliphatic carbocycles. The molecule has 1 amide bonds. The molecule has 11 heteroatoms. The summed E-state index contributed by atoms with van der Waals surface area (Å²) in [5.41, 5.74) is 3.35. The number of fused-ring (bicyclic) bond motifs is 1. The highest BCUT2D eigenvalue weighted by Gasteiger charge is 2.38. The molecule has 0 saturated carbocycles. The van der Waals surface area contributed by atoms with E-state index in [1.54, 1.807) is 18.2 Å². The molecule has 2 aromatic rings. The van der Waals surface area contributed by atoms with Crippen LogP contribution >= 0.6 is 23.2 Å². The average Bonchev–Trinajstić information content (AvgIpc) is 2.68. The molecule has 0 saturated heterocycles. The fourth-order valence-electron chi connectivity index (χ4n) is 3.34. The van der Waals surface area contributed by atoms with Crippen LogP contribution in [0.3, 0.4) is 0 Å². The first kappa shape index (κ1) is 25.8. The SMILES string of the molecule is CCNC(=O)c1cc(C2CN(C)Cc3c(Cl)cc(Cl)cc32)ccc1O.O=C(O)C(F)(F)F. The number of phenols is 1. The highest BCUT2D eigenvalue weighted by atomic mass is 35.5. The second-order valence-electron chi connectivity index (χ2n) is 7.14. The standard InChI is InChI=1S/C19H20Cl2N2O2.C2HF3O2/c1-3-22-19(25)14-6-11(4-5-18(14)24)15-9-23(2)10-16-13(15)7-12(20)8-17(16)21;3-2(4,5)1(6)7/h4-8,15,24H,3,9-10H2,1-2H3,(H,22,25);(H,6,7). The topological polar surface area (TPSA) is 89.9 Å². The lowest BCUT2D eigenvalue weighted by molar-refractivity contribution is -0.192. The van der Waals surface area contributed by atoms with Gasteiger partial charge in [-0.25, -0.2) is 4.79 Å². The Labute approximate surface area is 192 Å². The van der Waals surface area contributed by atoms with E-state index in [2.05, 4.69) is 10.2 Å². The maximum atomic E-state index is 12.2. The van der Waals surface area contributed by atoms with Crippen LogP contribution in [0.15, 0.2) is 30.3 Å². The van der Waals surface area contributed by atoms with Gasteiger partial charge in [0.1, 0.15) is 5.75 Å². The van der Waals surface area contributed by atoms with Crippen molar-refractivity contribution in [3.05, 3.63) is 62.6 Å². The molecular weight excluding hydrogens is 472 g/mol. The van der Waals surface area contributed by atoms with Crippen LogP contribution in [0.4, 0.5) is 13.2 Å². The van der Waals surface area contributed by atoms with E-state index >= 15 is 0 Å². The van der Waals surface area contributed by atoms with Gasteiger partial charge in [-0.2, -0.15) is 13.2 Å². The number of aromatic hydroxyl groups is 1. The van der Waals surface area contributed by atoms with Crippen molar-refractivity contribution in [3.8, 4) is 5.75 Å². The largest absolute Gasteiger partial charge is 0.507 e. The summed E-state index contributed by atoms with van der Waals surface area (Å²) in [5.74, 6) is -3.04. The number of aliphatic carboxylic acids is 1. The third-order valence-corrected chi connectivity index (χ3v) is 5.30. The molecule has 3 N–H and O–H groups in total. The number of rotatable bonds is 3. The summed E-state index contributed by atoms with van der Waals surface area (Å²) >= 11 is 12.6. The molecule has 1 aliphatic rings. The molecule has 1 unspecified atom stereocenters. The summed E-state index contributed by atoms with van der Waals surface area (Å²) in [7, 11) is 2.03. The Balaban J connectivity index is 0.000000451. The summed E-state index contributed by atoms with van der Waals surface area (Å²) in [6.07, 6.45) is -5.08. The second kappa shape index (κ2) is 10.4. The quantitative estimate of drug-likeness (QED) is 0.579. The van der Waals surface area contributed by atoms with Crippen molar-refractivity contribution in [1.82, 2.24) is 10.2 Å². The Morgan fingerprint density at radius 3 is 2.41 bits per heavy atom. The maximum Gasteiger partial charge on any atom is 0.490 e. The van der Waals surface area contributed by atoms with E-state index in [1.807, 2.05) is 26.1 Å². The highest BCUT2D eigenvalue weighted by Crippen LogP contribution is 2.39. The number of likely N-dealkylation sites (N-methyl/N-ethyl adjacent to an activating group) is 1. The molecule has 0 bridgehead atoms. The first-order valence-corrected chi connectivity index (χ1v) is 10.2. The van der Waals surface area contributed by atoms with E-state index in [0.717, 1.165) is 29.8 Å². The monoisotopic (exact) mass is 492 g/mol. The average molecular weight is 493 g/mol. The zero-order valence-electron chi connectivity index (χ0n) is 17.1. The Bertz CT molecular complexity index is 1020. The fraction of sp³-hybridized carbons (Fsp3) is 0.333. The Morgan fingerprint density at radius 1 is 1.22 bits per heavy atom. The van der Waals surface area contributed by atoms with Gasteiger partial charge in [0.05, 0.1) is 5.56 Å². The number of carboxylic acids is 1. The lowest BCUT2D eigenvalue weighted by atomic mass is 9.84. The molecule has 1 aliphatic heterocycles. The van der Waals surface area contributed by atoms with Gasteiger partial charge in [0, 0.05) is 35.6 Å². The van der Waals surface area contributed by atoms with Gasteiger partial charge in [0.2, 0.25) is 0 Å². The molecule has 3 rings (SSSR count). The van der Waals surface area contributed by atoms with E-state index in [1.165, 1.54) is 0 Å². The molecule has 6 nitrogen and oxygen atoms in total. The summed E-state index contributed by atoms with van der Waals surface area (Å²) in [6.45, 7) is 3.88. The number of alkyl halides is 3. The lowest BCUT2D eigenvalue weighted by Crippen LogP contribution is -2.31. The van der Waals surface area contributed by atoms with Crippen LogP contribution in [-0.2, 0) is 11.3 Å². The van der Waals surface area contributed by atoms with Gasteiger partial charge < -0.3 is 20.4 Å². The van der Waals surface area contributed by atoms with Crippen molar-refractivity contribution in [3.63, 3.8) is 0 Å². The number of amides is 1. The molecule has 0 fully saturated rings. The minimum absolute atomic E-state index is 0.0248. The number of halogens is 5. The van der Waals surface area contributed by atoms with Crippen LogP contribution < -0.4 is 5.32 Å². The first-order valence-electron chi connectivity index (χ1n) is 9.42. The van der Waals surface area contributed by atoms with Gasteiger partial charge >= 0.3 is 12.1 Å². The van der Waals surface area contributed by atoms with Crippen molar-refractivity contribution in [2.45, 2.75) is 25.6 Å². The van der Waals surface area contributed by atoms with Crippen LogP contribution in [0.5, 0.6) is 5.75 Å². The van der Waals surface area contributed by atoms with E-state index in [-0.39, 0.29) is 23.1 Å². The van der Waals surface area contributed by atoms with Gasteiger partial charge in [0.25, 0.3) is 5.91 Å². The molecule has 1 atom stereocenters. The van der Waals surface area contributed by atoms with Crippen molar-refractivity contribution < 1.29 is 33.0 Å². The molecular formula is C21H21Cl2F3N2O4. The number of nitrogens with one attached hydrogen (secondary N) is 1. The minimum Gasteiger partial charge on any atom is -0.507 e. The third-order valence-electron chi connectivity index (χ3n) is 4.74. The molecule has 0 aromatic heterocycles. The Morgan fingerprint density at radius 2 is 1.84 bits per heavy atom. The van der Waals surface area contributed by atoms with E-state index in [4.69, 9.17) is 33.1 Å². The number of carbonyl (C=O) groups excluding carboxylic acids is 1. The lowest BCUT2D eigenvalue weighted by Gasteiger charge is -2.33. The van der Waals surface area contributed by atoms with Crippen LogP contribution in [0.1, 0.15) is 39.9 Å². The first-order chi connectivity index (χ1) is 14.8. The van der Waals surface area contributed by atoms with Gasteiger partial charge in [-0.15, -0.1) is 0 Å². The summed E-state index contributed by atoms with van der Waals surface area (Å²) < 4.78 is 31.7. The molecule has 174 valence electrons. The molecule has 2 aromatic carbocycles. The van der Waals surface area contributed by atoms with Gasteiger partial charge in [0.15, 0.2) is 0 Å². The summed E-state index contributed by atoms with van der Waals surface area (Å²) in [6, 6.07) is 8.87. The van der Waals surface area contributed by atoms with E-state index in [9.17, 15) is 23.1 Å². The number of phenolic OH excluding ortho intramolecular Hbond substituents is 1. The molecule has 0 spiro atoms. The van der Waals surface area contributed by atoms with Crippen LogP contribution in [0.25, 0.3) is 0 Å². The molecule has 1 heterocycles. The number of carboxylic acid groups (broad SMARTS) is 1. The maximum absolute atomic E-state index is 12.2. The number of nitrogens with zero attached hydrogens (tertiary/aromatic N) is 1. The van der Waals surface area contributed by atoms with E-state index in [0.29, 0.717) is 16.6 Å². The predicted molar refractivity (Wildman–Crippen MR) is 114 cm³/mol. The predicted octanol–water partition coefficient (Wildman–Crippen LogP) is 4.66. The third kappa shape index (κ3) is 6.27. The second-order valence-corrected chi connectivity index (χ2v) is 7.99. The van der Waals surface area contributed by atoms with Crippen LogP contribution in [0, 0.1) is 0 Å². The van der Waals surface area contributed by atoms with Crippen molar-refractivity contribution in [1.29, 1.82) is 0 Å². The smallest absolute Gasteiger partial charge is 0.490 e. The fourth-order valence-corrected chi connectivity index (χ4v) is 3.91.